The summed E-state index contributed by atoms with van der Waals surface area (Å²) in [5, 5.41) is 0. The summed E-state index contributed by atoms with van der Waals surface area (Å²) in [7, 11) is -3.13. The highest BCUT2D eigenvalue weighted by molar-refractivity contribution is 7.91. The molecule has 0 radical (unpaired) electrons. The molecule has 0 bridgehead atoms. The van der Waals surface area contributed by atoms with E-state index in [-0.39, 0.29) is 11.7 Å². The number of hydrogen-bond acceptors (Lipinski definition) is 2. The topological polar surface area (TPSA) is 34.1 Å². The molecule has 1 heterocycles. The third-order valence-corrected chi connectivity index (χ3v) is 4.94. The molecule has 1 aliphatic heterocycles. The number of benzene rings is 1. The summed E-state index contributed by atoms with van der Waals surface area (Å²) in [4.78, 5) is 0.432. The molecule has 16 heavy (non-hydrogen) atoms. The van der Waals surface area contributed by atoms with Crippen molar-refractivity contribution in [1.82, 2.24) is 0 Å². The maximum Gasteiger partial charge on any atom is 0.179 e. The molecule has 1 aromatic rings. The molecule has 1 aliphatic rings. The summed E-state index contributed by atoms with van der Waals surface area (Å²) in [5.74, 6) is 3.12. The van der Waals surface area contributed by atoms with Crippen LogP contribution in [-0.4, -0.2) is 14.2 Å². The maximum atomic E-state index is 12.0. The molecule has 2 rings (SSSR count). The van der Waals surface area contributed by atoms with E-state index in [1.165, 1.54) is 0 Å². The average Bonchev–Trinajstić information content (AvgIpc) is 2.51. The Bertz CT molecular complexity index is 562. The second kappa shape index (κ2) is 3.64. The van der Waals surface area contributed by atoms with Gasteiger partial charge in [0.15, 0.2) is 9.84 Å². The van der Waals surface area contributed by atoms with Gasteiger partial charge in [-0.05, 0) is 23.6 Å². The second-order valence-corrected chi connectivity index (χ2v) is 6.53. The van der Waals surface area contributed by atoms with E-state index in [0.29, 0.717) is 16.4 Å². The average molecular weight is 234 g/mol. The molecule has 0 amide bonds. The van der Waals surface area contributed by atoms with Crippen LogP contribution in [0.2, 0.25) is 0 Å². The van der Waals surface area contributed by atoms with E-state index in [4.69, 9.17) is 6.42 Å². The fourth-order valence-corrected chi connectivity index (χ4v) is 4.27. The predicted molar refractivity (Wildman–Crippen MR) is 64.0 cm³/mol. The molecule has 84 valence electrons. The van der Waals surface area contributed by atoms with Crippen LogP contribution >= 0.6 is 0 Å². The minimum absolute atomic E-state index is 0.104. The molecule has 0 spiro atoms. The lowest BCUT2D eigenvalue weighted by atomic mass is 9.90. The van der Waals surface area contributed by atoms with Gasteiger partial charge in [-0.15, -0.1) is 6.42 Å². The second-order valence-electron chi connectivity index (χ2n) is 4.53. The Morgan fingerprint density at radius 1 is 1.44 bits per heavy atom. The zero-order chi connectivity index (χ0) is 11.9. The van der Waals surface area contributed by atoms with Gasteiger partial charge in [0.1, 0.15) is 0 Å². The van der Waals surface area contributed by atoms with E-state index in [0.717, 1.165) is 5.56 Å². The van der Waals surface area contributed by atoms with Crippen LogP contribution in [0.1, 0.15) is 30.9 Å². The molecule has 1 atom stereocenters. The highest BCUT2D eigenvalue weighted by Crippen LogP contribution is 2.39. The van der Waals surface area contributed by atoms with E-state index >= 15 is 0 Å². The number of sulfone groups is 1. The largest absolute Gasteiger partial charge is 0.224 e. The van der Waals surface area contributed by atoms with Crippen molar-refractivity contribution in [3.8, 4) is 12.3 Å². The number of rotatable bonds is 1. The molecule has 0 N–H and O–H groups in total. The van der Waals surface area contributed by atoms with Crippen molar-refractivity contribution in [3.63, 3.8) is 0 Å². The Balaban J connectivity index is 2.64. The van der Waals surface area contributed by atoms with Gasteiger partial charge in [-0.25, -0.2) is 8.42 Å². The zero-order valence-electron chi connectivity index (χ0n) is 9.40. The summed E-state index contributed by atoms with van der Waals surface area (Å²) < 4.78 is 23.9. The van der Waals surface area contributed by atoms with Gasteiger partial charge >= 0.3 is 0 Å². The van der Waals surface area contributed by atoms with Crippen LogP contribution < -0.4 is 0 Å². The first-order valence-corrected chi connectivity index (χ1v) is 6.94. The number of terminal acetylenes is 1. The first-order valence-electron chi connectivity index (χ1n) is 5.29. The minimum Gasteiger partial charge on any atom is -0.224 e. The fourth-order valence-electron chi connectivity index (χ4n) is 2.17. The van der Waals surface area contributed by atoms with Crippen LogP contribution in [0.25, 0.3) is 0 Å². The molecule has 0 aromatic heterocycles. The van der Waals surface area contributed by atoms with Crippen molar-refractivity contribution in [2.24, 2.45) is 5.92 Å². The van der Waals surface area contributed by atoms with E-state index in [1.54, 1.807) is 6.07 Å². The Hall–Kier alpha value is -1.27. The monoisotopic (exact) mass is 234 g/mol. The molecular weight excluding hydrogens is 220 g/mol. The molecule has 3 heteroatoms. The maximum absolute atomic E-state index is 12.0. The van der Waals surface area contributed by atoms with E-state index in [1.807, 2.05) is 26.0 Å². The first-order chi connectivity index (χ1) is 7.45. The Morgan fingerprint density at radius 3 is 2.69 bits per heavy atom. The summed E-state index contributed by atoms with van der Waals surface area (Å²) in [6, 6.07) is 5.29. The van der Waals surface area contributed by atoms with Crippen LogP contribution in [0.5, 0.6) is 0 Å². The van der Waals surface area contributed by atoms with Gasteiger partial charge in [-0.3, -0.25) is 0 Å². The molecule has 1 aromatic carbocycles. The van der Waals surface area contributed by atoms with E-state index < -0.39 is 9.84 Å². The van der Waals surface area contributed by atoms with Crippen molar-refractivity contribution >= 4 is 9.84 Å². The van der Waals surface area contributed by atoms with E-state index in [9.17, 15) is 8.42 Å². The predicted octanol–water partition coefficient (Wildman–Crippen LogP) is 2.19. The van der Waals surface area contributed by atoms with Crippen molar-refractivity contribution in [2.45, 2.75) is 24.7 Å². The molecule has 0 saturated heterocycles. The standard InChI is InChI=1S/C13H14O2S/c1-4-10-5-6-11-12(9(2)3)8-16(14,15)13(11)7-10/h1,5-7,9,12H,8H2,2-3H3/t12-/m1/s1. The van der Waals surface area contributed by atoms with Crippen LogP contribution in [-0.2, 0) is 9.84 Å². The first kappa shape index (κ1) is 11.2. The van der Waals surface area contributed by atoms with Crippen molar-refractivity contribution < 1.29 is 8.42 Å². The van der Waals surface area contributed by atoms with Crippen LogP contribution in [0.3, 0.4) is 0 Å². The van der Waals surface area contributed by atoms with Crippen molar-refractivity contribution in [1.29, 1.82) is 0 Å². The Kier molecular flexibility index (Phi) is 2.55. The van der Waals surface area contributed by atoms with Gasteiger partial charge < -0.3 is 0 Å². The van der Waals surface area contributed by atoms with Gasteiger partial charge in [-0.1, -0.05) is 25.8 Å². The van der Waals surface area contributed by atoms with Crippen LogP contribution in [0, 0.1) is 18.3 Å². The summed E-state index contributed by atoms with van der Waals surface area (Å²) >= 11 is 0. The highest BCUT2D eigenvalue weighted by Gasteiger charge is 2.36. The SMILES string of the molecule is C#Cc1ccc2c(c1)S(=O)(=O)C[C@@H]2C(C)C. The molecule has 0 fully saturated rings. The van der Waals surface area contributed by atoms with Crippen molar-refractivity contribution in [3.05, 3.63) is 29.3 Å². The third-order valence-electron chi connectivity index (χ3n) is 3.12. The summed E-state index contributed by atoms with van der Waals surface area (Å²) in [6.07, 6.45) is 5.28. The van der Waals surface area contributed by atoms with Crippen molar-refractivity contribution in [2.75, 3.05) is 5.75 Å². The van der Waals surface area contributed by atoms with Gasteiger partial charge in [0.2, 0.25) is 0 Å². The third kappa shape index (κ3) is 1.64. The molecule has 2 nitrogen and oxygen atoms in total. The number of fused-ring (bicyclic) bond motifs is 1. The van der Waals surface area contributed by atoms with Gasteiger partial charge in [0.25, 0.3) is 0 Å². The summed E-state index contributed by atoms with van der Waals surface area (Å²) in [5.41, 5.74) is 1.56. The molecule has 0 saturated carbocycles. The molecular formula is C13H14O2S. The van der Waals surface area contributed by atoms with Crippen LogP contribution in [0.15, 0.2) is 23.1 Å². The molecule has 0 unspecified atom stereocenters. The smallest absolute Gasteiger partial charge is 0.179 e. The quantitative estimate of drug-likeness (QED) is 0.698. The van der Waals surface area contributed by atoms with E-state index in [2.05, 4.69) is 5.92 Å². The minimum atomic E-state index is -3.13. The zero-order valence-corrected chi connectivity index (χ0v) is 10.2. The van der Waals surface area contributed by atoms with Gasteiger partial charge in [0.05, 0.1) is 10.6 Å². The lowest BCUT2D eigenvalue weighted by molar-refractivity contribution is 0.534. The Labute approximate surface area is 96.6 Å². The highest BCUT2D eigenvalue weighted by atomic mass is 32.2. The van der Waals surface area contributed by atoms with Gasteiger partial charge in [0, 0.05) is 11.5 Å². The fraction of sp³-hybridized carbons (Fsp3) is 0.385. The lowest BCUT2D eigenvalue weighted by Crippen LogP contribution is -2.09. The Morgan fingerprint density at radius 2 is 2.12 bits per heavy atom. The lowest BCUT2D eigenvalue weighted by Gasteiger charge is -2.13. The van der Waals surface area contributed by atoms with Gasteiger partial charge in [-0.2, -0.15) is 0 Å². The summed E-state index contributed by atoms with van der Waals surface area (Å²) in [6.45, 7) is 4.09. The normalized spacial score (nSPS) is 21.8. The number of hydrogen-bond donors (Lipinski definition) is 0. The molecule has 0 aliphatic carbocycles. The van der Waals surface area contributed by atoms with Crippen LogP contribution in [0.4, 0.5) is 0 Å².